The summed E-state index contributed by atoms with van der Waals surface area (Å²) < 4.78 is 7.32. The van der Waals surface area contributed by atoms with E-state index in [9.17, 15) is 4.79 Å². The molecule has 0 saturated heterocycles. The quantitative estimate of drug-likeness (QED) is 0.671. The predicted molar refractivity (Wildman–Crippen MR) is 104 cm³/mol. The van der Waals surface area contributed by atoms with Crippen LogP contribution in [0.3, 0.4) is 0 Å². The zero-order chi connectivity index (χ0) is 18.4. The summed E-state index contributed by atoms with van der Waals surface area (Å²) in [6.45, 7) is 1.14. The minimum atomic E-state index is -0.284. The number of carbonyl (C=O) groups excluding carboxylic acids is 1. The number of rotatable bonds is 6. The molecular formula is C20H20ClN3O2. The van der Waals surface area contributed by atoms with Crippen molar-refractivity contribution in [2.24, 2.45) is 0 Å². The fraction of sp³-hybridized carbons (Fsp3) is 0.150. The molecule has 0 saturated carbocycles. The Labute approximate surface area is 157 Å². The molecule has 0 aliphatic heterocycles. The Morgan fingerprint density at radius 3 is 2.62 bits per heavy atom. The normalized spacial score (nSPS) is 10.4. The van der Waals surface area contributed by atoms with Crippen molar-refractivity contribution in [2.75, 3.05) is 12.4 Å². The molecule has 1 heterocycles. The molecule has 2 N–H and O–H groups in total. The first-order chi connectivity index (χ1) is 12.7. The number of methoxy groups -OCH3 is 1. The molecule has 0 radical (unpaired) electrons. The van der Waals surface area contributed by atoms with E-state index in [1.165, 1.54) is 0 Å². The van der Waals surface area contributed by atoms with Crippen molar-refractivity contribution in [3.8, 4) is 5.75 Å². The first kappa shape index (κ1) is 17.9. The number of urea groups is 1. The third kappa shape index (κ3) is 4.58. The van der Waals surface area contributed by atoms with Gasteiger partial charge in [0.1, 0.15) is 5.75 Å². The van der Waals surface area contributed by atoms with Crippen LogP contribution in [0, 0.1) is 0 Å². The van der Waals surface area contributed by atoms with E-state index in [-0.39, 0.29) is 6.03 Å². The second-order valence-electron chi connectivity index (χ2n) is 5.76. The molecule has 0 aliphatic rings. The van der Waals surface area contributed by atoms with E-state index in [4.69, 9.17) is 16.3 Å². The maximum Gasteiger partial charge on any atom is 0.319 e. The summed E-state index contributed by atoms with van der Waals surface area (Å²) in [4.78, 5) is 12.2. The third-order valence-corrected chi connectivity index (χ3v) is 4.23. The molecule has 2 aromatic carbocycles. The summed E-state index contributed by atoms with van der Waals surface area (Å²) in [5.41, 5.74) is 2.78. The maximum atomic E-state index is 12.2. The number of carbonyl (C=O) groups is 1. The van der Waals surface area contributed by atoms with Gasteiger partial charge in [0, 0.05) is 23.5 Å². The second-order valence-corrected chi connectivity index (χ2v) is 6.20. The van der Waals surface area contributed by atoms with E-state index in [1.54, 1.807) is 19.2 Å². The summed E-state index contributed by atoms with van der Waals surface area (Å²) >= 11 is 5.93. The number of nitrogens with one attached hydrogen (secondary N) is 2. The van der Waals surface area contributed by atoms with Crippen molar-refractivity contribution in [2.45, 2.75) is 13.1 Å². The molecule has 134 valence electrons. The first-order valence-electron chi connectivity index (χ1n) is 8.22. The van der Waals surface area contributed by atoms with Crippen LogP contribution in [0.2, 0.25) is 5.02 Å². The van der Waals surface area contributed by atoms with Crippen LogP contribution in [0.15, 0.2) is 66.9 Å². The van der Waals surface area contributed by atoms with Crippen molar-refractivity contribution < 1.29 is 9.53 Å². The van der Waals surface area contributed by atoms with Gasteiger partial charge in [0.15, 0.2) is 0 Å². The SMILES string of the molecule is COc1ccccc1NC(=O)NCc1cccn1Cc1ccc(Cl)cc1. The lowest BCUT2D eigenvalue weighted by Gasteiger charge is -2.13. The standard InChI is InChI=1S/C20H20ClN3O2/c1-26-19-7-3-2-6-18(19)23-20(25)22-13-17-5-4-12-24(17)14-15-8-10-16(21)11-9-15/h2-12H,13-14H2,1H3,(H2,22,23,25). The van der Waals surface area contributed by atoms with E-state index >= 15 is 0 Å². The summed E-state index contributed by atoms with van der Waals surface area (Å²) in [5, 5.41) is 6.39. The van der Waals surface area contributed by atoms with Gasteiger partial charge in [-0.05, 0) is 42.0 Å². The Bertz CT molecular complexity index is 875. The Kier molecular flexibility index (Phi) is 5.81. The largest absolute Gasteiger partial charge is 0.495 e. The fourth-order valence-electron chi connectivity index (χ4n) is 2.64. The molecule has 3 rings (SSSR count). The van der Waals surface area contributed by atoms with Crippen LogP contribution in [0.1, 0.15) is 11.3 Å². The van der Waals surface area contributed by atoms with Gasteiger partial charge < -0.3 is 19.9 Å². The highest BCUT2D eigenvalue weighted by Crippen LogP contribution is 2.22. The van der Waals surface area contributed by atoms with E-state index < -0.39 is 0 Å². The molecule has 1 aromatic heterocycles. The average molecular weight is 370 g/mol. The summed E-state index contributed by atoms with van der Waals surface area (Å²) in [5.74, 6) is 0.619. The van der Waals surface area contributed by atoms with Crippen LogP contribution < -0.4 is 15.4 Å². The first-order valence-corrected chi connectivity index (χ1v) is 8.60. The molecule has 0 spiro atoms. The van der Waals surface area contributed by atoms with Gasteiger partial charge in [-0.15, -0.1) is 0 Å². The number of amides is 2. The van der Waals surface area contributed by atoms with Gasteiger partial charge in [-0.3, -0.25) is 0 Å². The van der Waals surface area contributed by atoms with Crippen molar-refractivity contribution >= 4 is 23.3 Å². The molecule has 0 unspecified atom stereocenters. The molecule has 0 aliphatic carbocycles. The number of benzene rings is 2. The number of halogens is 1. The lowest BCUT2D eigenvalue weighted by Crippen LogP contribution is -2.29. The molecular weight excluding hydrogens is 350 g/mol. The van der Waals surface area contributed by atoms with Crippen molar-refractivity contribution in [1.29, 1.82) is 0 Å². The summed E-state index contributed by atoms with van der Waals surface area (Å²) in [6.07, 6.45) is 1.99. The van der Waals surface area contributed by atoms with Crippen LogP contribution >= 0.6 is 11.6 Å². The van der Waals surface area contributed by atoms with Gasteiger partial charge in [0.2, 0.25) is 0 Å². The molecule has 3 aromatic rings. The molecule has 26 heavy (non-hydrogen) atoms. The van der Waals surface area contributed by atoms with Gasteiger partial charge in [-0.2, -0.15) is 0 Å². The summed E-state index contributed by atoms with van der Waals surface area (Å²) in [6, 6.07) is 18.7. The molecule has 0 bridgehead atoms. The molecule has 0 atom stereocenters. The zero-order valence-corrected chi connectivity index (χ0v) is 15.2. The highest BCUT2D eigenvalue weighted by Gasteiger charge is 2.08. The van der Waals surface area contributed by atoms with Gasteiger partial charge in [-0.1, -0.05) is 35.9 Å². The van der Waals surface area contributed by atoms with Crippen LogP contribution in [0.5, 0.6) is 5.75 Å². The molecule has 6 heteroatoms. The smallest absolute Gasteiger partial charge is 0.319 e. The van der Waals surface area contributed by atoms with E-state index in [2.05, 4.69) is 15.2 Å². The molecule has 2 amide bonds. The number of hydrogen-bond acceptors (Lipinski definition) is 2. The topological polar surface area (TPSA) is 55.3 Å². The average Bonchev–Trinajstić information content (AvgIpc) is 3.09. The highest BCUT2D eigenvalue weighted by atomic mass is 35.5. The lowest BCUT2D eigenvalue weighted by molar-refractivity contribution is 0.251. The highest BCUT2D eigenvalue weighted by molar-refractivity contribution is 6.30. The van der Waals surface area contributed by atoms with Crippen LogP contribution in [-0.4, -0.2) is 17.7 Å². The zero-order valence-electron chi connectivity index (χ0n) is 14.4. The van der Waals surface area contributed by atoms with Gasteiger partial charge in [0.05, 0.1) is 19.3 Å². The van der Waals surface area contributed by atoms with Crippen LogP contribution in [-0.2, 0) is 13.1 Å². The van der Waals surface area contributed by atoms with Crippen molar-refractivity contribution in [3.63, 3.8) is 0 Å². The number of para-hydroxylation sites is 2. The Morgan fingerprint density at radius 1 is 1.08 bits per heavy atom. The number of hydrogen-bond donors (Lipinski definition) is 2. The van der Waals surface area contributed by atoms with Crippen molar-refractivity contribution in [3.05, 3.63) is 83.1 Å². The Hall–Kier alpha value is -2.92. The van der Waals surface area contributed by atoms with Gasteiger partial charge in [0.25, 0.3) is 0 Å². The van der Waals surface area contributed by atoms with Gasteiger partial charge >= 0.3 is 6.03 Å². The van der Waals surface area contributed by atoms with Crippen LogP contribution in [0.25, 0.3) is 0 Å². The van der Waals surface area contributed by atoms with Crippen molar-refractivity contribution in [1.82, 2.24) is 9.88 Å². The van der Waals surface area contributed by atoms with Crippen LogP contribution in [0.4, 0.5) is 10.5 Å². The summed E-state index contributed by atoms with van der Waals surface area (Å²) in [7, 11) is 1.57. The number of nitrogens with zero attached hydrogens (tertiary/aromatic N) is 1. The minimum Gasteiger partial charge on any atom is -0.495 e. The van der Waals surface area contributed by atoms with Gasteiger partial charge in [-0.25, -0.2) is 4.79 Å². The number of ether oxygens (including phenoxy) is 1. The van der Waals surface area contributed by atoms with E-state index in [0.29, 0.717) is 18.0 Å². The number of aromatic nitrogens is 1. The second kappa shape index (κ2) is 8.45. The maximum absolute atomic E-state index is 12.2. The predicted octanol–water partition coefficient (Wildman–Crippen LogP) is 4.52. The molecule has 5 nitrogen and oxygen atoms in total. The number of anilines is 1. The minimum absolute atomic E-state index is 0.284. The Morgan fingerprint density at radius 2 is 1.85 bits per heavy atom. The third-order valence-electron chi connectivity index (χ3n) is 3.97. The Balaban J connectivity index is 1.59. The monoisotopic (exact) mass is 369 g/mol. The fourth-order valence-corrected chi connectivity index (χ4v) is 2.76. The van der Waals surface area contributed by atoms with E-state index in [0.717, 1.165) is 22.8 Å². The van der Waals surface area contributed by atoms with E-state index in [1.807, 2.05) is 54.7 Å². The molecule has 0 fully saturated rings. The lowest BCUT2D eigenvalue weighted by atomic mass is 10.2.